The minimum Gasteiger partial charge on any atom is -0.383 e. The van der Waals surface area contributed by atoms with Crippen LogP contribution in [0.2, 0.25) is 5.02 Å². The number of benzene rings is 2. The van der Waals surface area contributed by atoms with E-state index in [1.807, 2.05) is 0 Å². The summed E-state index contributed by atoms with van der Waals surface area (Å²) in [6.45, 7) is 4.40. The molecule has 0 atom stereocenters. The van der Waals surface area contributed by atoms with Crippen LogP contribution in [0.25, 0.3) is 0 Å². The third-order valence-electron chi connectivity index (χ3n) is 3.54. The zero-order chi connectivity index (χ0) is 16.7. The van der Waals surface area contributed by atoms with Gasteiger partial charge in [-0.15, -0.1) is 0 Å². The molecule has 122 valence electrons. The number of nitro benzene ring substituents is 1. The van der Waals surface area contributed by atoms with E-state index in [2.05, 4.69) is 41.8 Å². The smallest absolute Gasteiger partial charge is 0.271 e. The number of nitro groups is 1. The van der Waals surface area contributed by atoms with Crippen LogP contribution in [0.1, 0.15) is 18.1 Å². The highest BCUT2D eigenvalue weighted by Gasteiger charge is 2.08. The summed E-state index contributed by atoms with van der Waals surface area (Å²) in [4.78, 5) is 10.2. The number of anilines is 1. The molecule has 0 aromatic heterocycles. The van der Waals surface area contributed by atoms with Crippen molar-refractivity contribution in [3.05, 3.63) is 68.7 Å². The molecule has 0 fully saturated rings. The van der Waals surface area contributed by atoms with E-state index in [1.165, 1.54) is 23.3 Å². The Labute approximate surface area is 140 Å². The number of hydrogen-bond donors (Lipinski definition) is 2. The van der Waals surface area contributed by atoms with Gasteiger partial charge in [-0.1, -0.05) is 42.8 Å². The average molecular weight is 334 g/mol. The van der Waals surface area contributed by atoms with Crippen molar-refractivity contribution in [1.82, 2.24) is 5.32 Å². The van der Waals surface area contributed by atoms with E-state index in [4.69, 9.17) is 11.6 Å². The average Bonchev–Trinajstić information content (AvgIpc) is 2.56. The highest BCUT2D eigenvalue weighted by atomic mass is 35.5. The third-order valence-corrected chi connectivity index (χ3v) is 3.85. The van der Waals surface area contributed by atoms with Crippen LogP contribution in [0.3, 0.4) is 0 Å². The second-order valence-electron chi connectivity index (χ2n) is 5.19. The van der Waals surface area contributed by atoms with E-state index >= 15 is 0 Å². The Morgan fingerprint density at radius 2 is 1.78 bits per heavy atom. The molecule has 0 radical (unpaired) electrons. The Morgan fingerprint density at radius 1 is 1.09 bits per heavy atom. The SMILES string of the molecule is CCc1ccc(CNCCNc2ccc([N+](=O)[O-])cc2Cl)cc1. The first-order valence-corrected chi connectivity index (χ1v) is 7.94. The Bertz CT molecular complexity index is 659. The van der Waals surface area contributed by atoms with E-state index in [0.717, 1.165) is 19.5 Å². The van der Waals surface area contributed by atoms with E-state index in [-0.39, 0.29) is 5.69 Å². The van der Waals surface area contributed by atoms with Crippen molar-refractivity contribution in [2.24, 2.45) is 0 Å². The van der Waals surface area contributed by atoms with Gasteiger partial charge in [-0.2, -0.15) is 0 Å². The lowest BCUT2D eigenvalue weighted by Crippen LogP contribution is -2.21. The molecule has 0 saturated heterocycles. The fourth-order valence-electron chi connectivity index (χ4n) is 2.17. The lowest BCUT2D eigenvalue weighted by atomic mass is 10.1. The van der Waals surface area contributed by atoms with E-state index < -0.39 is 4.92 Å². The fourth-order valence-corrected chi connectivity index (χ4v) is 2.41. The van der Waals surface area contributed by atoms with Gasteiger partial charge in [0.25, 0.3) is 5.69 Å². The van der Waals surface area contributed by atoms with E-state index in [9.17, 15) is 10.1 Å². The summed E-state index contributed by atoms with van der Waals surface area (Å²) in [5.41, 5.74) is 3.28. The molecule has 0 aliphatic carbocycles. The van der Waals surface area contributed by atoms with Crippen molar-refractivity contribution < 1.29 is 4.92 Å². The van der Waals surface area contributed by atoms with Crippen molar-refractivity contribution in [3.8, 4) is 0 Å². The maximum Gasteiger partial charge on any atom is 0.271 e. The molecule has 0 aliphatic heterocycles. The summed E-state index contributed by atoms with van der Waals surface area (Å²) in [6.07, 6.45) is 1.05. The highest BCUT2D eigenvalue weighted by molar-refractivity contribution is 6.33. The molecule has 23 heavy (non-hydrogen) atoms. The van der Waals surface area contributed by atoms with Crippen molar-refractivity contribution in [2.45, 2.75) is 19.9 Å². The molecule has 0 heterocycles. The third kappa shape index (κ3) is 5.23. The Balaban J connectivity index is 1.73. The topological polar surface area (TPSA) is 67.2 Å². The molecular formula is C17H20ClN3O2. The van der Waals surface area contributed by atoms with Crippen LogP contribution in [-0.4, -0.2) is 18.0 Å². The number of non-ortho nitro benzene ring substituents is 1. The molecule has 0 saturated carbocycles. The lowest BCUT2D eigenvalue weighted by molar-refractivity contribution is -0.384. The molecule has 2 N–H and O–H groups in total. The van der Waals surface area contributed by atoms with Gasteiger partial charge in [-0.25, -0.2) is 0 Å². The molecular weight excluding hydrogens is 314 g/mol. The van der Waals surface area contributed by atoms with Crippen molar-refractivity contribution >= 4 is 23.0 Å². The molecule has 2 aromatic rings. The van der Waals surface area contributed by atoms with Gasteiger partial charge in [0.15, 0.2) is 0 Å². The van der Waals surface area contributed by atoms with Gasteiger partial charge in [-0.05, 0) is 23.6 Å². The van der Waals surface area contributed by atoms with Gasteiger partial charge in [-0.3, -0.25) is 10.1 Å². The summed E-state index contributed by atoms with van der Waals surface area (Å²) >= 11 is 6.02. The molecule has 0 amide bonds. The maximum absolute atomic E-state index is 10.7. The first-order chi connectivity index (χ1) is 11.1. The van der Waals surface area contributed by atoms with Gasteiger partial charge in [0.1, 0.15) is 0 Å². The van der Waals surface area contributed by atoms with Crippen LogP contribution in [0, 0.1) is 10.1 Å². The summed E-state index contributed by atoms with van der Waals surface area (Å²) in [7, 11) is 0. The minimum absolute atomic E-state index is 0.00537. The zero-order valence-corrected chi connectivity index (χ0v) is 13.8. The Morgan fingerprint density at radius 3 is 2.39 bits per heavy atom. The molecule has 0 spiro atoms. The second kappa shape index (κ2) is 8.50. The van der Waals surface area contributed by atoms with E-state index in [1.54, 1.807) is 6.07 Å². The second-order valence-corrected chi connectivity index (χ2v) is 5.60. The summed E-state index contributed by atoms with van der Waals surface area (Å²) in [5, 5.41) is 17.5. The molecule has 2 aromatic carbocycles. The molecule has 5 nitrogen and oxygen atoms in total. The van der Waals surface area contributed by atoms with E-state index in [0.29, 0.717) is 17.3 Å². The van der Waals surface area contributed by atoms with Crippen LogP contribution in [0.15, 0.2) is 42.5 Å². The molecule has 0 bridgehead atoms. The zero-order valence-electron chi connectivity index (χ0n) is 13.0. The predicted molar refractivity (Wildman–Crippen MR) is 94.1 cm³/mol. The number of nitrogens with one attached hydrogen (secondary N) is 2. The number of aryl methyl sites for hydroxylation is 1. The van der Waals surface area contributed by atoms with Gasteiger partial charge in [0.2, 0.25) is 0 Å². The largest absolute Gasteiger partial charge is 0.383 e. The van der Waals surface area contributed by atoms with Crippen molar-refractivity contribution in [3.63, 3.8) is 0 Å². The minimum atomic E-state index is -0.457. The monoisotopic (exact) mass is 333 g/mol. The number of nitrogens with zero attached hydrogens (tertiary/aromatic N) is 1. The predicted octanol–water partition coefficient (Wildman–Crippen LogP) is 4.01. The Kier molecular flexibility index (Phi) is 6.38. The van der Waals surface area contributed by atoms with Gasteiger partial charge >= 0.3 is 0 Å². The number of halogens is 1. The summed E-state index contributed by atoms with van der Waals surface area (Å²) in [5.74, 6) is 0. The highest BCUT2D eigenvalue weighted by Crippen LogP contribution is 2.26. The number of hydrogen-bond acceptors (Lipinski definition) is 4. The normalized spacial score (nSPS) is 10.5. The van der Waals surface area contributed by atoms with Crippen LogP contribution in [0.5, 0.6) is 0 Å². The van der Waals surface area contributed by atoms with Crippen molar-refractivity contribution in [1.29, 1.82) is 0 Å². The molecule has 6 heteroatoms. The molecule has 0 unspecified atom stereocenters. The van der Waals surface area contributed by atoms with Gasteiger partial charge in [0, 0.05) is 31.8 Å². The van der Waals surface area contributed by atoms with Crippen LogP contribution >= 0.6 is 11.6 Å². The maximum atomic E-state index is 10.7. The lowest BCUT2D eigenvalue weighted by Gasteiger charge is -2.09. The van der Waals surface area contributed by atoms with Gasteiger partial charge < -0.3 is 10.6 Å². The number of rotatable bonds is 8. The summed E-state index contributed by atoms with van der Waals surface area (Å²) < 4.78 is 0. The fraction of sp³-hybridized carbons (Fsp3) is 0.294. The van der Waals surface area contributed by atoms with Crippen LogP contribution < -0.4 is 10.6 Å². The summed E-state index contributed by atoms with van der Waals surface area (Å²) in [6, 6.07) is 13.0. The van der Waals surface area contributed by atoms with Gasteiger partial charge in [0.05, 0.1) is 15.6 Å². The first kappa shape index (κ1) is 17.2. The van der Waals surface area contributed by atoms with Crippen molar-refractivity contribution in [2.75, 3.05) is 18.4 Å². The molecule has 2 rings (SSSR count). The quantitative estimate of drug-likeness (QED) is 0.435. The molecule has 0 aliphatic rings. The first-order valence-electron chi connectivity index (χ1n) is 7.56. The standard InChI is InChI=1S/C17H20ClN3O2/c1-2-13-3-5-14(6-4-13)12-19-9-10-20-17-8-7-15(21(22)23)11-16(17)18/h3-8,11,19-20H,2,9-10,12H2,1H3. The van der Waals surface area contributed by atoms with Crippen LogP contribution in [0.4, 0.5) is 11.4 Å². The van der Waals surface area contributed by atoms with Crippen LogP contribution in [-0.2, 0) is 13.0 Å². The Hall–Kier alpha value is -2.11.